The SMILES string of the molecule is CC(O)C1[C@H]2CCCC[C@@H]12. The number of aliphatic hydroxyl groups excluding tert-OH is 1. The van der Waals surface area contributed by atoms with Crippen LogP contribution in [0, 0.1) is 17.8 Å². The van der Waals surface area contributed by atoms with E-state index in [2.05, 4.69) is 0 Å². The van der Waals surface area contributed by atoms with E-state index in [1.807, 2.05) is 6.92 Å². The molecule has 0 aromatic carbocycles. The first-order valence-electron chi connectivity index (χ1n) is 4.49. The Bertz CT molecular complexity index is 119. The molecule has 0 aromatic heterocycles. The number of hydrogen-bond donors (Lipinski definition) is 1. The molecule has 1 heteroatoms. The van der Waals surface area contributed by atoms with E-state index in [-0.39, 0.29) is 6.10 Å². The smallest absolute Gasteiger partial charge is 0.0545 e. The Hall–Kier alpha value is -0.0400. The summed E-state index contributed by atoms with van der Waals surface area (Å²) in [6.45, 7) is 1.95. The Kier molecular flexibility index (Phi) is 1.48. The lowest BCUT2D eigenvalue weighted by Gasteiger charge is -2.04. The van der Waals surface area contributed by atoms with Crippen LogP contribution in [-0.4, -0.2) is 11.2 Å². The molecule has 2 unspecified atom stereocenters. The summed E-state index contributed by atoms with van der Waals surface area (Å²) in [5.74, 6) is 2.50. The van der Waals surface area contributed by atoms with Crippen molar-refractivity contribution in [3.63, 3.8) is 0 Å². The summed E-state index contributed by atoms with van der Waals surface area (Å²) < 4.78 is 0. The van der Waals surface area contributed by atoms with Crippen molar-refractivity contribution in [2.75, 3.05) is 0 Å². The average Bonchev–Trinajstić information content (AvgIpc) is 2.60. The standard InChI is InChI=1S/C9H16O/c1-6(10)9-7-4-2-3-5-8(7)9/h6-10H,2-5H2,1H3/t6?,7-,8+,9?. The molecule has 2 saturated carbocycles. The molecular weight excluding hydrogens is 124 g/mol. The van der Waals surface area contributed by atoms with Crippen molar-refractivity contribution < 1.29 is 5.11 Å². The quantitative estimate of drug-likeness (QED) is 0.589. The van der Waals surface area contributed by atoms with E-state index in [1.165, 1.54) is 25.7 Å². The Labute approximate surface area is 62.4 Å². The monoisotopic (exact) mass is 140 g/mol. The van der Waals surface area contributed by atoms with Gasteiger partial charge in [-0.25, -0.2) is 0 Å². The van der Waals surface area contributed by atoms with Crippen LogP contribution in [-0.2, 0) is 0 Å². The number of fused-ring (bicyclic) bond motifs is 1. The van der Waals surface area contributed by atoms with Crippen molar-refractivity contribution in [2.24, 2.45) is 17.8 Å². The first-order chi connectivity index (χ1) is 4.80. The highest BCUT2D eigenvalue weighted by molar-refractivity contribution is 5.01. The van der Waals surface area contributed by atoms with E-state index in [0.29, 0.717) is 5.92 Å². The Balaban J connectivity index is 1.93. The lowest BCUT2D eigenvalue weighted by Crippen LogP contribution is -2.04. The fraction of sp³-hybridized carbons (Fsp3) is 1.00. The van der Waals surface area contributed by atoms with Crippen molar-refractivity contribution in [1.82, 2.24) is 0 Å². The summed E-state index contributed by atoms with van der Waals surface area (Å²) in [4.78, 5) is 0. The van der Waals surface area contributed by atoms with Gasteiger partial charge in [0.1, 0.15) is 0 Å². The highest BCUT2D eigenvalue weighted by Gasteiger charge is 2.52. The molecule has 1 nitrogen and oxygen atoms in total. The Morgan fingerprint density at radius 3 is 2.10 bits per heavy atom. The van der Waals surface area contributed by atoms with Gasteiger partial charge in [-0.2, -0.15) is 0 Å². The first kappa shape index (κ1) is 6.66. The molecule has 2 fully saturated rings. The van der Waals surface area contributed by atoms with Crippen LogP contribution >= 0.6 is 0 Å². The van der Waals surface area contributed by atoms with Gasteiger partial charge in [-0.05, 0) is 37.5 Å². The van der Waals surface area contributed by atoms with Crippen LogP contribution < -0.4 is 0 Å². The molecule has 2 rings (SSSR count). The van der Waals surface area contributed by atoms with Gasteiger partial charge in [0.2, 0.25) is 0 Å². The molecule has 0 aromatic rings. The fourth-order valence-electron chi connectivity index (χ4n) is 2.76. The van der Waals surface area contributed by atoms with Gasteiger partial charge in [0, 0.05) is 0 Å². The van der Waals surface area contributed by atoms with E-state index < -0.39 is 0 Å². The zero-order valence-electron chi connectivity index (χ0n) is 6.59. The maximum Gasteiger partial charge on any atom is 0.0545 e. The molecule has 10 heavy (non-hydrogen) atoms. The molecule has 0 radical (unpaired) electrons. The molecule has 0 aliphatic heterocycles. The molecule has 0 heterocycles. The summed E-state index contributed by atoms with van der Waals surface area (Å²) in [5, 5.41) is 9.32. The van der Waals surface area contributed by atoms with E-state index in [1.54, 1.807) is 0 Å². The van der Waals surface area contributed by atoms with E-state index >= 15 is 0 Å². The van der Waals surface area contributed by atoms with E-state index in [9.17, 15) is 5.11 Å². The molecule has 0 bridgehead atoms. The number of aliphatic hydroxyl groups is 1. The minimum absolute atomic E-state index is 0.0342. The second-order valence-corrected chi connectivity index (χ2v) is 3.93. The lowest BCUT2D eigenvalue weighted by atomic mass is 10.0. The van der Waals surface area contributed by atoms with Crippen LogP contribution in [0.5, 0.6) is 0 Å². The zero-order chi connectivity index (χ0) is 7.14. The van der Waals surface area contributed by atoms with Crippen LogP contribution in [0.3, 0.4) is 0 Å². The average molecular weight is 140 g/mol. The van der Waals surface area contributed by atoms with Crippen LogP contribution in [0.15, 0.2) is 0 Å². The van der Waals surface area contributed by atoms with Crippen LogP contribution in [0.4, 0.5) is 0 Å². The molecule has 2 aliphatic carbocycles. The van der Waals surface area contributed by atoms with Crippen LogP contribution in [0.25, 0.3) is 0 Å². The molecule has 0 saturated heterocycles. The number of hydrogen-bond acceptors (Lipinski definition) is 1. The molecule has 2 aliphatic rings. The van der Waals surface area contributed by atoms with Gasteiger partial charge in [-0.15, -0.1) is 0 Å². The molecule has 58 valence electrons. The second-order valence-electron chi connectivity index (χ2n) is 3.93. The lowest BCUT2D eigenvalue weighted by molar-refractivity contribution is 0.159. The second kappa shape index (κ2) is 2.23. The third-order valence-corrected chi connectivity index (χ3v) is 3.28. The summed E-state index contributed by atoms with van der Waals surface area (Å²) >= 11 is 0. The summed E-state index contributed by atoms with van der Waals surface area (Å²) in [6, 6.07) is 0. The molecule has 0 spiro atoms. The van der Waals surface area contributed by atoms with Crippen LogP contribution in [0.1, 0.15) is 32.6 Å². The summed E-state index contributed by atoms with van der Waals surface area (Å²) in [6.07, 6.45) is 5.56. The maximum atomic E-state index is 9.32. The third-order valence-electron chi connectivity index (χ3n) is 3.28. The molecular formula is C9H16O. The van der Waals surface area contributed by atoms with Crippen molar-refractivity contribution in [3.8, 4) is 0 Å². The predicted molar refractivity (Wildman–Crippen MR) is 40.6 cm³/mol. The normalized spacial score (nSPS) is 48.0. The van der Waals surface area contributed by atoms with Crippen molar-refractivity contribution in [2.45, 2.75) is 38.7 Å². The van der Waals surface area contributed by atoms with Gasteiger partial charge in [0.25, 0.3) is 0 Å². The van der Waals surface area contributed by atoms with Crippen molar-refractivity contribution in [3.05, 3.63) is 0 Å². The van der Waals surface area contributed by atoms with Gasteiger partial charge in [0.15, 0.2) is 0 Å². The Morgan fingerprint density at radius 1 is 1.20 bits per heavy atom. The minimum Gasteiger partial charge on any atom is -0.393 e. The Morgan fingerprint density at radius 2 is 1.70 bits per heavy atom. The van der Waals surface area contributed by atoms with Gasteiger partial charge < -0.3 is 5.11 Å². The van der Waals surface area contributed by atoms with Crippen molar-refractivity contribution >= 4 is 0 Å². The first-order valence-corrected chi connectivity index (χ1v) is 4.49. The highest BCUT2D eigenvalue weighted by atomic mass is 16.3. The van der Waals surface area contributed by atoms with Gasteiger partial charge >= 0.3 is 0 Å². The van der Waals surface area contributed by atoms with Crippen LogP contribution in [0.2, 0.25) is 0 Å². The highest BCUT2D eigenvalue weighted by Crippen LogP contribution is 2.56. The topological polar surface area (TPSA) is 20.2 Å². The maximum absolute atomic E-state index is 9.32. The van der Waals surface area contributed by atoms with Gasteiger partial charge in [-0.3, -0.25) is 0 Å². The van der Waals surface area contributed by atoms with Crippen molar-refractivity contribution in [1.29, 1.82) is 0 Å². The summed E-state index contributed by atoms with van der Waals surface area (Å²) in [7, 11) is 0. The number of rotatable bonds is 1. The van der Waals surface area contributed by atoms with Gasteiger partial charge in [0.05, 0.1) is 6.10 Å². The molecule has 0 amide bonds. The largest absolute Gasteiger partial charge is 0.393 e. The predicted octanol–water partition coefficient (Wildman–Crippen LogP) is 1.80. The molecule has 1 N–H and O–H groups in total. The molecule has 4 atom stereocenters. The van der Waals surface area contributed by atoms with E-state index in [0.717, 1.165) is 11.8 Å². The zero-order valence-corrected chi connectivity index (χ0v) is 6.59. The third kappa shape index (κ3) is 0.878. The minimum atomic E-state index is -0.0342. The van der Waals surface area contributed by atoms with E-state index in [4.69, 9.17) is 0 Å². The fourth-order valence-corrected chi connectivity index (χ4v) is 2.76. The van der Waals surface area contributed by atoms with Gasteiger partial charge in [-0.1, -0.05) is 12.8 Å². The summed E-state index contributed by atoms with van der Waals surface area (Å²) in [5.41, 5.74) is 0.